The number of piperidine rings is 1. The highest BCUT2D eigenvalue weighted by molar-refractivity contribution is 5.69. The first-order valence-corrected chi connectivity index (χ1v) is 12.5. The van der Waals surface area contributed by atoms with Crippen LogP contribution in [0.2, 0.25) is 0 Å². The molecule has 2 aromatic carbocycles. The normalized spacial score (nSPS) is 14.8. The molecule has 1 N–H and O–H groups in total. The van der Waals surface area contributed by atoms with Gasteiger partial charge in [0.25, 0.3) is 0 Å². The Labute approximate surface area is 216 Å². The van der Waals surface area contributed by atoms with Gasteiger partial charge in [0, 0.05) is 49.3 Å². The van der Waals surface area contributed by atoms with Crippen molar-refractivity contribution in [3.63, 3.8) is 0 Å². The number of benzene rings is 2. The molecule has 1 fully saturated rings. The number of ether oxygens (including phenoxy) is 2. The van der Waals surface area contributed by atoms with E-state index in [1.165, 1.54) is 0 Å². The second kappa shape index (κ2) is 11.4. The molecule has 7 heteroatoms. The number of anilines is 1. The van der Waals surface area contributed by atoms with Gasteiger partial charge in [-0.3, -0.25) is 0 Å². The van der Waals surface area contributed by atoms with Gasteiger partial charge in [-0.1, -0.05) is 60.7 Å². The quantitative estimate of drug-likeness (QED) is 0.323. The van der Waals surface area contributed by atoms with Crippen LogP contribution in [0.25, 0.3) is 11.1 Å². The van der Waals surface area contributed by atoms with Gasteiger partial charge in [0.1, 0.15) is 24.7 Å². The fraction of sp³-hybridized carbons (Fsp3) is 0.267. The average Bonchev–Trinajstić information content (AvgIpc) is 2.97. The monoisotopic (exact) mass is 499 g/mol. The summed E-state index contributed by atoms with van der Waals surface area (Å²) < 4.78 is 26.5. The van der Waals surface area contributed by atoms with E-state index in [1.807, 2.05) is 89.8 Å². The molecule has 0 atom stereocenters. The zero-order valence-corrected chi connectivity index (χ0v) is 20.6. The maximum absolute atomic E-state index is 14.4. The van der Waals surface area contributed by atoms with E-state index in [2.05, 4.69) is 9.97 Å². The van der Waals surface area contributed by atoms with Crippen LogP contribution in [-0.2, 0) is 13.2 Å². The topological polar surface area (TPSA) is 67.7 Å². The second-order valence-corrected chi connectivity index (χ2v) is 9.25. The summed E-state index contributed by atoms with van der Waals surface area (Å²) >= 11 is 0. The van der Waals surface area contributed by atoms with Gasteiger partial charge in [-0.05, 0) is 29.3 Å². The SMILES string of the molecule is OCC1(F)CCN(c2ccc(-c3ccc(OCc4ccccc4)nc3OCc3ccccc3)cn2)CC1. The Morgan fingerprint density at radius 1 is 0.811 bits per heavy atom. The number of rotatable bonds is 9. The van der Waals surface area contributed by atoms with Crippen LogP contribution in [0.1, 0.15) is 24.0 Å². The lowest BCUT2D eigenvalue weighted by atomic mass is 9.94. The van der Waals surface area contributed by atoms with Crippen molar-refractivity contribution in [2.24, 2.45) is 0 Å². The van der Waals surface area contributed by atoms with Crippen LogP contribution in [0.3, 0.4) is 0 Å². The number of pyridine rings is 2. The van der Waals surface area contributed by atoms with Gasteiger partial charge in [-0.25, -0.2) is 9.37 Å². The predicted molar refractivity (Wildman–Crippen MR) is 141 cm³/mol. The molecule has 0 radical (unpaired) electrons. The van der Waals surface area contributed by atoms with Gasteiger partial charge in [0.05, 0.1) is 6.61 Å². The van der Waals surface area contributed by atoms with Crippen molar-refractivity contribution in [3.8, 4) is 22.9 Å². The molecule has 0 spiro atoms. The number of aliphatic hydroxyl groups is 1. The highest BCUT2D eigenvalue weighted by Crippen LogP contribution is 2.33. The van der Waals surface area contributed by atoms with E-state index >= 15 is 0 Å². The molecule has 1 aliphatic heterocycles. The number of alkyl halides is 1. The molecule has 0 bridgehead atoms. The Balaban J connectivity index is 1.34. The fourth-order valence-corrected chi connectivity index (χ4v) is 4.32. The van der Waals surface area contributed by atoms with Crippen molar-refractivity contribution >= 4 is 5.82 Å². The van der Waals surface area contributed by atoms with E-state index in [9.17, 15) is 9.50 Å². The number of nitrogens with zero attached hydrogens (tertiary/aromatic N) is 3. The summed E-state index contributed by atoms with van der Waals surface area (Å²) in [5.74, 6) is 1.73. The molecule has 0 aliphatic carbocycles. The molecule has 1 saturated heterocycles. The Morgan fingerprint density at radius 2 is 1.46 bits per heavy atom. The van der Waals surface area contributed by atoms with E-state index in [0.29, 0.717) is 50.9 Å². The van der Waals surface area contributed by atoms with Crippen LogP contribution in [0, 0.1) is 0 Å². The van der Waals surface area contributed by atoms with Crippen molar-refractivity contribution < 1.29 is 19.0 Å². The summed E-state index contributed by atoms with van der Waals surface area (Å²) in [6.45, 7) is 1.39. The minimum Gasteiger partial charge on any atom is -0.473 e. The molecule has 2 aromatic heterocycles. The first-order chi connectivity index (χ1) is 18.1. The Hall–Kier alpha value is -3.97. The summed E-state index contributed by atoms with van der Waals surface area (Å²) in [5, 5.41) is 9.29. The van der Waals surface area contributed by atoms with Crippen LogP contribution in [-0.4, -0.2) is 40.4 Å². The van der Waals surface area contributed by atoms with Gasteiger partial charge in [-0.2, -0.15) is 4.98 Å². The third-order valence-corrected chi connectivity index (χ3v) is 6.61. The van der Waals surface area contributed by atoms with Crippen molar-refractivity contribution in [1.29, 1.82) is 0 Å². The third-order valence-electron chi connectivity index (χ3n) is 6.61. The van der Waals surface area contributed by atoms with Crippen LogP contribution >= 0.6 is 0 Å². The lowest BCUT2D eigenvalue weighted by molar-refractivity contribution is 0.0480. The van der Waals surface area contributed by atoms with Crippen LogP contribution in [0.4, 0.5) is 10.2 Å². The summed E-state index contributed by atoms with van der Waals surface area (Å²) in [4.78, 5) is 11.3. The maximum Gasteiger partial charge on any atom is 0.225 e. The van der Waals surface area contributed by atoms with Crippen molar-refractivity contribution in [2.75, 3.05) is 24.6 Å². The molecule has 0 saturated carbocycles. The second-order valence-electron chi connectivity index (χ2n) is 9.25. The molecule has 1 aliphatic rings. The number of aromatic nitrogens is 2. The summed E-state index contributed by atoms with van der Waals surface area (Å²) in [5.41, 5.74) is 2.28. The van der Waals surface area contributed by atoms with Crippen LogP contribution in [0.5, 0.6) is 11.8 Å². The van der Waals surface area contributed by atoms with E-state index in [1.54, 1.807) is 6.20 Å². The molecular weight excluding hydrogens is 469 g/mol. The largest absolute Gasteiger partial charge is 0.473 e. The first kappa shape index (κ1) is 24.7. The number of aliphatic hydroxyl groups excluding tert-OH is 1. The third kappa shape index (κ3) is 6.24. The molecule has 4 aromatic rings. The predicted octanol–water partition coefficient (Wildman–Crippen LogP) is 5.60. The van der Waals surface area contributed by atoms with E-state index in [0.717, 1.165) is 28.1 Å². The lowest BCUT2D eigenvalue weighted by Gasteiger charge is -2.35. The molecular formula is C30H30FN3O3. The molecule has 0 unspecified atom stereocenters. The van der Waals surface area contributed by atoms with Crippen LogP contribution in [0.15, 0.2) is 91.1 Å². The number of hydrogen-bond acceptors (Lipinski definition) is 6. The fourth-order valence-electron chi connectivity index (χ4n) is 4.32. The Kier molecular flexibility index (Phi) is 7.61. The smallest absolute Gasteiger partial charge is 0.225 e. The zero-order chi connectivity index (χ0) is 25.5. The molecule has 3 heterocycles. The van der Waals surface area contributed by atoms with Gasteiger partial charge in [-0.15, -0.1) is 0 Å². The Morgan fingerprint density at radius 3 is 2.05 bits per heavy atom. The standard InChI is InChI=1S/C30H30FN3O3/c31-30(22-35)15-17-34(18-16-30)27-13-11-25(19-32-27)26-12-14-28(36-20-23-7-3-1-4-8-23)33-29(26)37-21-24-9-5-2-6-10-24/h1-14,19,35H,15-18,20-22H2. The first-order valence-electron chi connectivity index (χ1n) is 12.5. The van der Waals surface area contributed by atoms with E-state index in [-0.39, 0.29) is 0 Å². The molecule has 0 amide bonds. The van der Waals surface area contributed by atoms with E-state index in [4.69, 9.17) is 9.47 Å². The van der Waals surface area contributed by atoms with Gasteiger partial charge >= 0.3 is 0 Å². The molecule has 190 valence electrons. The maximum atomic E-state index is 14.4. The van der Waals surface area contributed by atoms with Gasteiger partial charge < -0.3 is 19.5 Å². The minimum absolute atomic E-state index is 0.290. The average molecular weight is 500 g/mol. The zero-order valence-electron chi connectivity index (χ0n) is 20.6. The molecule has 37 heavy (non-hydrogen) atoms. The Bertz CT molecular complexity index is 1280. The highest BCUT2D eigenvalue weighted by Gasteiger charge is 2.34. The molecule has 6 nitrogen and oxygen atoms in total. The highest BCUT2D eigenvalue weighted by atomic mass is 19.1. The van der Waals surface area contributed by atoms with Gasteiger partial charge in [0.15, 0.2) is 0 Å². The van der Waals surface area contributed by atoms with Crippen molar-refractivity contribution in [3.05, 3.63) is 102 Å². The summed E-state index contributed by atoms with van der Waals surface area (Å²) in [6, 6.07) is 27.6. The lowest BCUT2D eigenvalue weighted by Crippen LogP contribution is -2.44. The van der Waals surface area contributed by atoms with Crippen molar-refractivity contribution in [2.45, 2.75) is 31.7 Å². The van der Waals surface area contributed by atoms with Crippen LogP contribution < -0.4 is 14.4 Å². The molecule has 5 rings (SSSR count). The van der Waals surface area contributed by atoms with Crippen molar-refractivity contribution in [1.82, 2.24) is 9.97 Å². The van der Waals surface area contributed by atoms with Gasteiger partial charge in [0.2, 0.25) is 11.8 Å². The minimum atomic E-state index is -1.49. The summed E-state index contributed by atoms with van der Waals surface area (Å²) in [6.07, 6.45) is 2.37. The summed E-state index contributed by atoms with van der Waals surface area (Å²) in [7, 11) is 0. The number of halogens is 1. The number of hydrogen-bond donors (Lipinski definition) is 1. The van der Waals surface area contributed by atoms with E-state index < -0.39 is 12.3 Å².